The first-order valence-electron chi connectivity index (χ1n) is 11.7. The quantitative estimate of drug-likeness (QED) is 0.583. The zero-order valence-corrected chi connectivity index (χ0v) is 19.9. The topological polar surface area (TPSA) is 79.0 Å². The Morgan fingerprint density at radius 2 is 1.57 bits per heavy atom. The predicted octanol–water partition coefficient (Wildman–Crippen LogP) is 4.32. The first kappa shape index (κ1) is 22.7. The molecule has 2 heterocycles. The molecule has 0 saturated carbocycles. The molecule has 0 radical (unpaired) electrons. The third-order valence-corrected chi connectivity index (χ3v) is 6.65. The average molecular weight is 470 g/mol. The van der Waals surface area contributed by atoms with Crippen molar-refractivity contribution in [2.75, 3.05) is 18.6 Å². The number of benzene rings is 3. The largest absolute Gasteiger partial charge is 0.497 e. The Balaban J connectivity index is 1.46. The standard InChI is InChI=1S/C28H27N3O4/c1-17(2)25(18-12-14-19(35-3)15-13-18)29-24(32)16-30-26-20-8-4-5-9-21(20)28(34)31(26)23-11-7-6-10-22(23)27(30)33/h4-15,17,25-26H,16H2,1-3H3,(H,29,32)/t25-,26-/m1/s1. The highest BCUT2D eigenvalue weighted by atomic mass is 16.5. The van der Waals surface area contributed by atoms with Gasteiger partial charge in [0.15, 0.2) is 0 Å². The zero-order valence-electron chi connectivity index (χ0n) is 19.9. The van der Waals surface area contributed by atoms with Crippen molar-refractivity contribution in [3.63, 3.8) is 0 Å². The van der Waals surface area contributed by atoms with Crippen molar-refractivity contribution in [3.8, 4) is 5.75 Å². The van der Waals surface area contributed by atoms with Crippen LogP contribution in [0.3, 0.4) is 0 Å². The summed E-state index contributed by atoms with van der Waals surface area (Å²) in [6.45, 7) is 3.89. The van der Waals surface area contributed by atoms with Crippen molar-refractivity contribution in [1.29, 1.82) is 0 Å². The number of carbonyl (C=O) groups excluding carboxylic acids is 3. The molecule has 0 bridgehead atoms. The van der Waals surface area contributed by atoms with Gasteiger partial charge in [0, 0.05) is 11.1 Å². The molecular weight excluding hydrogens is 442 g/mol. The second-order valence-electron chi connectivity index (χ2n) is 9.15. The lowest BCUT2D eigenvalue weighted by Gasteiger charge is -2.40. The van der Waals surface area contributed by atoms with Crippen LogP contribution in [0.4, 0.5) is 5.69 Å². The molecule has 178 valence electrons. The third kappa shape index (κ3) is 3.83. The summed E-state index contributed by atoms with van der Waals surface area (Å²) in [5.41, 5.74) is 3.20. The van der Waals surface area contributed by atoms with E-state index in [0.717, 1.165) is 16.9 Å². The Bertz CT molecular complexity index is 1300. The Hall–Kier alpha value is -4.13. The number of hydrogen-bond donors (Lipinski definition) is 1. The lowest BCUT2D eigenvalue weighted by Crippen LogP contribution is -2.51. The van der Waals surface area contributed by atoms with Gasteiger partial charge >= 0.3 is 0 Å². The first-order chi connectivity index (χ1) is 16.9. The summed E-state index contributed by atoms with van der Waals surface area (Å²) >= 11 is 0. The number of ether oxygens (including phenoxy) is 1. The van der Waals surface area contributed by atoms with Crippen molar-refractivity contribution in [1.82, 2.24) is 10.2 Å². The van der Waals surface area contributed by atoms with Crippen LogP contribution in [-0.4, -0.2) is 36.3 Å². The van der Waals surface area contributed by atoms with Crippen LogP contribution in [0, 0.1) is 5.92 Å². The lowest BCUT2D eigenvalue weighted by atomic mass is 9.96. The van der Waals surface area contributed by atoms with E-state index in [2.05, 4.69) is 5.32 Å². The summed E-state index contributed by atoms with van der Waals surface area (Å²) in [7, 11) is 1.61. The summed E-state index contributed by atoms with van der Waals surface area (Å²) in [6, 6.07) is 21.7. The van der Waals surface area contributed by atoms with Crippen molar-refractivity contribution < 1.29 is 19.1 Å². The van der Waals surface area contributed by atoms with E-state index in [1.807, 2.05) is 62.4 Å². The number of anilines is 1. The van der Waals surface area contributed by atoms with Gasteiger partial charge in [-0.3, -0.25) is 19.3 Å². The van der Waals surface area contributed by atoms with Crippen LogP contribution in [0.15, 0.2) is 72.8 Å². The average Bonchev–Trinajstić information content (AvgIpc) is 3.17. The Morgan fingerprint density at radius 3 is 2.26 bits per heavy atom. The number of hydrogen-bond acceptors (Lipinski definition) is 4. The molecule has 0 aromatic heterocycles. The molecular formula is C28H27N3O4. The monoisotopic (exact) mass is 469 g/mol. The van der Waals surface area contributed by atoms with Gasteiger partial charge in [-0.1, -0.05) is 56.3 Å². The maximum Gasteiger partial charge on any atom is 0.260 e. The van der Waals surface area contributed by atoms with Gasteiger partial charge in [-0.2, -0.15) is 0 Å². The fraction of sp³-hybridized carbons (Fsp3) is 0.250. The van der Waals surface area contributed by atoms with E-state index in [1.54, 1.807) is 36.3 Å². The first-order valence-corrected chi connectivity index (χ1v) is 11.7. The van der Waals surface area contributed by atoms with Gasteiger partial charge in [0.2, 0.25) is 5.91 Å². The molecule has 3 aromatic carbocycles. The second-order valence-corrected chi connectivity index (χ2v) is 9.15. The summed E-state index contributed by atoms with van der Waals surface area (Å²) in [5.74, 6) is 0.130. The van der Waals surface area contributed by atoms with Crippen LogP contribution in [0.2, 0.25) is 0 Å². The summed E-state index contributed by atoms with van der Waals surface area (Å²) in [4.78, 5) is 43.3. The molecule has 0 aliphatic carbocycles. The minimum atomic E-state index is -0.662. The number of nitrogens with zero attached hydrogens (tertiary/aromatic N) is 2. The zero-order chi connectivity index (χ0) is 24.7. The maximum absolute atomic E-state index is 13.6. The van der Waals surface area contributed by atoms with Crippen LogP contribution >= 0.6 is 0 Å². The number of para-hydroxylation sites is 1. The summed E-state index contributed by atoms with van der Waals surface area (Å²) in [6.07, 6.45) is -0.662. The molecule has 7 heteroatoms. The van der Waals surface area contributed by atoms with E-state index >= 15 is 0 Å². The predicted molar refractivity (Wildman–Crippen MR) is 132 cm³/mol. The number of methoxy groups -OCH3 is 1. The molecule has 5 rings (SSSR count). The van der Waals surface area contributed by atoms with E-state index < -0.39 is 6.17 Å². The molecule has 3 aromatic rings. The van der Waals surface area contributed by atoms with Crippen LogP contribution < -0.4 is 15.0 Å². The smallest absolute Gasteiger partial charge is 0.260 e. The Morgan fingerprint density at radius 1 is 0.914 bits per heavy atom. The summed E-state index contributed by atoms with van der Waals surface area (Å²) in [5, 5.41) is 3.10. The number of rotatable bonds is 6. The fourth-order valence-corrected chi connectivity index (χ4v) is 4.95. The Labute approximate surface area is 204 Å². The second kappa shape index (κ2) is 8.91. The van der Waals surface area contributed by atoms with Gasteiger partial charge in [-0.15, -0.1) is 0 Å². The van der Waals surface area contributed by atoms with Crippen molar-refractivity contribution in [3.05, 3.63) is 95.1 Å². The van der Waals surface area contributed by atoms with Crippen LogP contribution in [-0.2, 0) is 4.79 Å². The van der Waals surface area contributed by atoms with E-state index in [1.165, 1.54) is 4.90 Å². The van der Waals surface area contributed by atoms with Gasteiger partial charge in [0.25, 0.3) is 11.8 Å². The lowest BCUT2D eigenvalue weighted by molar-refractivity contribution is -0.123. The highest BCUT2D eigenvalue weighted by Gasteiger charge is 2.48. The van der Waals surface area contributed by atoms with E-state index in [9.17, 15) is 14.4 Å². The molecule has 3 amide bonds. The molecule has 0 unspecified atom stereocenters. The van der Waals surface area contributed by atoms with Gasteiger partial charge in [0.1, 0.15) is 18.5 Å². The van der Waals surface area contributed by atoms with Crippen LogP contribution in [0.5, 0.6) is 5.75 Å². The van der Waals surface area contributed by atoms with Crippen LogP contribution in [0.25, 0.3) is 0 Å². The van der Waals surface area contributed by atoms with E-state index in [0.29, 0.717) is 16.8 Å². The number of nitrogens with one attached hydrogen (secondary N) is 1. The molecule has 0 spiro atoms. The minimum absolute atomic E-state index is 0.121. The summed E-state index contributed by atoms with van der Waals surface area (Å²) < 4.78 is 5.25. The van der Waals surface area contributed by atoms with Crippen molar-refractivity contribution >= 4 is 23.4 Å². The van der Waals surface area contributed by atoms with E-state index in [4.69, 9.17) is 4.74 Å². The minimum Gasteiger partial charge on any atom is -0.497 e. The normalized spacial score (nSPS) is 17.1. The molecule has 0 saturated heterocycles. The fourth-order valence-electron chi connectivity index (χ4n) is 4.95. The number of amides is 3. The van der Waals surface area contributed by atoms with Gasteiger partial charge in [0.05, 0.1) is 24.4 Å². The molecule has 1 N–H and O–H groups in total. The van der Waals surface area contributed by atoms with Gasteiger partial charge < -0.3 is 15.0 Å². The molecule has 2 atom stereocenters. The van der Waals surface area contributed by atoms with Crippen molar-refractivity contribution in [2.24, 2.45) is 5.92 Å². The van der Waals surface area contributed by atoms with Crippen molar-refractivity contribution in [2.45, 2.75) is 26.1 Å². The molecule has 2 aliphatic rings. The van der Waals surface area contributed by atoms with Gasteiger partial charge in [-0.05, 0) is 41.8 Å². The van der Waals surface area contributed by atoms with E-state index in [-0.39, 0.29) is 36.2 Å². The maximum atomic E-state index is 13.6. The molecule has 0 fully saturated rings. The number of carbonyl (C=O) groups is 3. The highest BCUT2D eigenvalue weighted by molar-refractivity contribution is 6.17. The Kier molecular flexibility index (Phi) is 5.76. The van der Waals surface area contributed by atoms with Crippen LogP contribution in [0.1, 0.15) is 57.9 Å². The number of fused-ring (bicyclic) bond motifs is 5. The molecule has 35 heavy (non-hydrogen) atoms. The third-order valence-electron chi connectivity index (χ3n) is 6.65. The highest BCUT2D eigenvalue weighted by Crippen LogP contribution is 2.45. The molecule has 7 nitrogen and oxygen atoms in total. The van der Waals surface area contributed by atoms with Gasteiger partial charge in [-0.25, -0.2) is 0 Å². The molecule has 2 aliphatic heterocycles. The SMILES string of the molecule is COc1ccc([C@H](NC(=O)CN2C(=O)c3ccccc3N3C(=O)c4ccccc4[C@H]23)C(C)C)cc1.